The van der Waals surface area contributed by atoms with Crippen LogP contribution in [0.4, 0.5) is 0 Å². The Morgan fingerprint density at radius 1 is 1.34 bits per heavy atom. The van der Waals surface area contributed by atoms with Gasteiger partial charge in [-0.25, -0.2) is 4.98 Å². The molecule has 2 aromatic rings. The van der Waals surface area contributed by atoms with Crippen molar-refractivity contribution in [1.82, 2.24) is 10.3 Å². The Kier molecular flexibility index (Phi) is 11.6. The number of fused-ring (bicyclic) bond motifs is 1. The van der Waals surface area contributed by atoms with E-state index in [-0.39, 0.29) is 11.4 Å². The van der Waals surface area contributed by atoms with Gasteiger partial charge in [0.05, 0.1) is 17.8 Å². The van der Waals surface area contributed by atoms with E-state index < -0.39 is 0 Å². The number of carbonyl (C=O) groups excluding carboxylic acids is 1. The first-order chi connectivity index (χ1) is 16.6. The van der Waals surface area contributed by atoms with Crippen molar-refractivity contribution in [3.8, 4) is 17.1 Å². The molecule has 0 saturated carbocycles. The average molecular weight is 566 g/mol. The first kappa shape index (κ1) is 29.6. The number of carbonyl (C=O) groups is 1. The Morgan fingerprint density at radius 3 is 2.66 bits per heavy atom. The number of ether oxygens (including phenoxy) is 1. The Labute approximate surface area is 225 Å². The molecule has 0 saturated heterocycles. The van der Waals surface area contributed by atoms with Gasteiger partial charge in [-0.2, -0.15) is 0 Å². The number of amides is 1. The highest BCUT2D eigenvalue weighted by molar-refractivity contribution is 9.10. The van der Waals surface area contributed by atoms with Gasteiger partial charge in [0.2, 0.25) is 11.8 Å². The van der Waals surface area contributed by atoms with Gasteiger partial charge in [-0.05, 0) is 84.5 Å². The Balaban J connectivity index is 0.000000260. The lowest BCUT2D eigenvalue weighted by molar-refractivity contribution is -0.122. The summed E-state index contributed by atoms with van der Waals surface area (Å²) in [5.41, 5.74) is 4.39. The largest absolute Gasteiger partial charge is 0.481 e. The molecular formula is C29H42BrClN2O2. The topological polar surface area (TPSA) is 51.2 Å². The maximum atomic E-state index is 11.4. The van der Waals surface area contributed by atoms with Gasteiger partial charge in [0.1, 0.15) is 0 Å². The van der Waals surface area contributed by atoms with E-state index in [9.17, 15) is 4.79 Å². The molecule has 0 aliphatic heterocycles. The number of pyridine rings is 1. The van der Waals surface area contributed by atoms with Gasteiger partial charge in [-0.3, -0.25) is 4.79 Å². The Hall–Kier alpha value is -1.59. The quantitative estimate of drug-likeness (QED) is 0.331. The van der Waals surface area contributed by atoms with Crippen LogP contribution in [0.1, 0.15) is 97.1 Å². The minimum absolute atomic E-state index is 0.00345. The van der Waals surface area contributed by atoms with Crippen LogP contribution in [0.3, 0.4) is 0 Å². The number of hydrogen-bond acceptors (Lipinski definition) is 3. The van der Waals surface area contributed by atoms with E-state index in [1.807, 2.05) is 25.1 Å². The summed E-state index contributed by atoms with van der Waals surface area (Å²) < 4.78 is 6.37. The number of aryl methyl sites for hydroxylation is 1. The predicted octanol–water partition coefficient (Wildman–Crippen LogP) is 8.73. The van der Waals surface area contributed by atoms with Crippen molar-refractivity contribution in [3.63, 3.8) is 0 Å². The number of benzene rings is 1. The normalized spacial score (nSPS) is 17.0. The Morgan fingerprint density at radius 2 is 2.06 bits per heavy atom. The summed E-state index contributed by atoms with van der Waals surface area (Å²) in [6, 6.07) is 8.03. The van der Waals surface area contributed by atoms with Crippen LogP contribution in [0.5, 0.6) is 5.88 Å². The zero-order chi connectivity index (χ0) is 26.2. The number of halogens is 2. The SMILES string of the molecule is CCC(=O)NC(C)(CC)CCC(C)CC.COc1nc(-c2cccc(Br)c2Cl)cc2c1C(C)CC2. The Bertz CT molecular complexity index is 997. The molecule has 0 spiro atoms. The van der Waals surface area contributed by atoms with Gasteiger partial charge in [-0.15, -0.1) is 0 Å². The maximum absolute atomic E-state index is 11.4. The van der Waals surface area contributed by atoms with E-state index in [2.05, 4.69) is 66.9 Å². The lowest BCUT2D eigenvalue weighted by Gasteiger charge is -2.30. The number of methoxy groups -OCH3 is 1. The van der Waals surface area contributed by atoms with Gasteiger partial charge >= 0.3 is 0 Å². The third-order valence-corrected chi connectivity index (χ3v) is 8.59. The average Bonchev–Trinajstić information content (AvgIpc) is 3.24. The summed E-state index contributed by atoms with van der Waals surface area (Å²) in [5.74, 6) is 2.18. The van der Waals surface area contributed by atoms with Crippen molar-refractivity contribution in [2.24, 2.45) is 5.92 Å². The molecule has 35 heavy (non-hydrogen) atoms. The third kappa shape index (κ3) is 7.95. The fraction of sp³-hybridized carbons (Fsp3) is 0.586. The first-order valence-corrected chi connectivity index (χ1v) is 14.1. The summed E-state index contributed by atoms with van der Waals surface area (Å²) in [4.78, 5) is 16.0. The van der Waals surface area contributed by atoms with Crippen LogP contribution >= 0.6 is 27.5 Å². The molecule has 1 aliphatic rings. The molecule has 1 amide bonds. The summed E-state index contributed by atoms with van der Waals surface area (Å²) >= 11 is 9.84. The number of aromatic nitrogens is 1. The van der Waals surface area contributed by atoms with E-state index in [0.29, 0.717) is 17.4 Å². The van der Waals surface area contributed by atoms with Crippen LogP contribution in [-0.2, 0) is 11.2 Å². The van der Waals surface area contributed by atoms with Gasteiger partial charge in [0.25, 0.3) is 0 Å². The number of rotatable bonds is 9. The van der Waals surface area contributed by atoms with E-state index in [1.165, 1.54) is 24.0 Å². The third-order valence-electron chi connectivity index (χ3n) is 7.30. The molecule has 1 heterocycles. The zero-order valence-electron chi connectivity index (χ0n) is 22.4. The molecular weight excluding hydrogens is 524 g/mol. The van der Waals surface area contributed by atoms with Crippen molar-refractivity contribution in [2.45, 2.75) is 97.9 Å². The highest BCUT2D eigenvalue weighted by Crippen LogP contribution is 2.41. The molecule has 1 aromatic carbocycles. The lowest BCUT2D eigenvalue weighted by atomic mass is 9.88. The number of nitrogens with one attached hydrogen (secondary N) is 1. The molecule has 3 unspecified atom stereocenters. The zero-order valence-corrected chi connectivity index (χ0v) is 24.8. The van der Waals surface area contributed by atoms with Crippen molar-refractivity contribution in [1.29, 1.82) is 0 Å². The monoisotopic (exact) mass is 564 g/mol. The minimum Gasteiger partial charge on any atom is -0.481 e. The van der Waals surface area contributed by atoms with Gasteiger partial charge in [-0.1, -0.05) is 64.8 Å². The molecule has 1 aliphatic carbocycles. The first-order valence-electron chi connectivity index (χ1n) is 12.9. The van der Waals surface area contributed by atoms with E-state index in [4.69, 9.17) is 16.3 Å². The molecule has 3 rings (SSSR count). The molecule has 6 heteroatoms. The van der Waals surface area contributed by atoms with Crippen molar-refractivity contribution >= 4 is 33.4 Å². The van der Waals surface area contributed by atoms with Gasteiger partial charge in [0, 0.05) is 27.6 Å². The second kappa shape index (κ2) is 13.6. The highest BCUT2D eigenvalue weighted by Gasteiger charge is 2.26. The fourth-order valence-corrected chi connectivity index (χ4v) is 4.94. The van der Waals surface area contributed by atoms with Crippen LogP contribution in [0, 0.1) is 5.92 Å². The van der Waals surface area contributed by atoms with Gasteiger partial charge < -0.3 is 10.1 Å². The fourth-order valence-electron chi connectivity index (χ4n) is 4.35. The van der Waals surface area contributed by atoms with Crippen molar-refractivity contribution in [2.75, 3.05) is 7.11 Å². The van der Waals surface area contributed by atoms with Crippen LogP contribution in [0.2, 0.25) is 5.02 Å². The van der Waals surface area contributed by atoms with Gasteiger partial charge in [0.15, 0.2) is 0 Å². The standard InChI is InChI=1S/C16H15BrClNO.C13H27NO/c1-9-6-7-10-8-13(19-16(20-2)14(9)10)11-4-3-5-12(17)15(11)18;1-6-11(4)9-10-13(5,8-3)14-12(15)7-2/h3-5,8-9H,6-7H2,1-2H3;11H,6-10H2,1-5H3,(H,14,15). The maximum Gasteiger partial charge on any atom is 0.220 e. The molecule has 1 N–H and O–H groups in total. The van der Waals surface area contributed by atoms with Crippen LogP contribution in [0.15, 0.2) is 28.7 Å². The van der Waals surface area contributed by atoms with Crippen molar-refractivity contribution < 1.29 is 9.53 Å². The van der Waals surface area contributed by atoms with Crippen LogP contribution < -0.4 is 10.1 Å². The van der Waals surface area contributed by atoms with Crippen LogP contribution in [0.25, 0.3) is 11.3 Å². The molecule has 194 valence electrons. The number of nitrogens with zero attached hydrogens (tertiary/aromatic N) is 1. The molecule has 1 aromatic heterocycles. The summed E-state index contributed by atoms with van der Waals surface area (Å²) in [5, 5.41) is 3.82. The second-order valence-corrected chi connectivity index (χ2v) is 11.2. The van der Waals surface area contributed by atoms with E-state index >= 15 is 0 Å². The lowest BCUT2D eigenvalue weighted by Crippen LogP contribution is -2.45. The summed E-state index contributed by atoms with van der Waals surface area (Å²) in [7, 11) is 1.68. The summed E-state index contributed by atoms with van der Waals surface area (Å²) in [6.45, 7) is 12.9. The van der Waals surface area contributed by atoms with E-state index in [0.717, 1.165) is 53.2 Å². The molecule has 4 nitrogen and oxygen atoms in total. The highest BCUT2D eigenvalue weighted by atomic mass is 79.9. The number of hydrogen-bond donors (Lipinski definition) is 1. The molecule has 0 fully saturated rings. The summed E-state index contributed by atoms with van der Waals surface area (Å²) in [6.07, 6.45) is 7.34. The molecule has 0 bridgehead atoms. The smallest absolute Gasteiger partial charge is 0.220 e. The molecule has 0 radical (unpaired) electrons. The van der Waals surface area contributed by atoms with Crippen LogP contribution in [-0.4, -0.2) is 23.5 Å². The minimum atomic E-state index is -0.00345. The predicted molar refractivity (Wildman–Crippen MR) is 151 cm³/mol. The van der Waals surface area contributed by atoms with E-state index in [1.54, 1.807) is 7.11 Å². The van der Waals surface area contributed by atoms with Crippen molar-refractivity contribution in [3.05, 3.63) is 44.9 Å². The molecule has 3 atom stereocenters. The second-order valence-electron chi connectivity index (χ2n) is 10.00.